The Kier molecular flexibility index (Phi) is 5.52. The number of likely N-dealkylation sites (N-methyl/N-ethyl adjacent to an activating group) is 1. The number of hydrogen-bond acceptors (Lipinski definition) is 5. The third kappa shape index (κ3) is 3.78. The second kappa shape index (κ2) is 7.39. The molecule has 1 aliphatic carbocycles. The molecule has 2 rings (SSSR count). The fraction of sp³-hybridized carbons (Fsp3) is 0.625. The molecule has 0 aromatic carbocycles. The van der Waals surface area contributed by atoms with Crippen LogP contribution in [0.2, 0.25) is 0 Å². The van der Waals surface area contributed by atoms with Crippen LogP contribution in [0.5, 0.6) is 0 Å². The van der Waals surface area contributed by atoms with Crippen molar-refractivity contribution in [3.63, 3.8) is 0 Å². The van der Waals surface area contributed by atoms with E-state index in [1.54, 1.807) is 6.92 Å². The number of allylic oxidation sites excluding steroid dienone is 2. The maximum atomic E-state index is 12.2. The number of imide groups is 1. The zero-order valence-corrected chi connectivity index (χ0v) is 13.4. The first-order chi connectivity index (χ1) is 11.0. The van der Waals surface area contributed by atoms with Crippen molar-refractivity contribution >= 4 is 23.7 Å². The molecule has 1 aliphatic heterocycles. The lowest BCUT2D eigenvalue weighted by Gasteiger charge is -2.16. The third-order valence-electron chi connectivity index (χ3n) is 4.17. The highest BCUT2D eigenvalue weighted by atomic mass is 16.5. The maximum Gasteiger partial charge on any atom is 0.308 e. The van der Waals surface area contributed by atoms with E-state index in [1.807, 2.05) is 12.2 Å². The zero-order valence-electron chi connectivity index (χ0n) is 13.4. The van der Waals surface area contributed by atoms with Crippen LogP contribution in [-0.2, 0) is 23.9 Å². The Bertz CT molecular complexity index is 517. The largest absolute Gasteiger partial charge is 0.452 e. The van der Waals surface area contributed by atoms with Gasteiger partial charge >= 0.3 is 5.97 Å². The molecule has 126 valence electrons. The van der Waals surface area contributed by atoms with Crippen LogP contribution >= 0.6 is 0 Å². The fourth-order valence-electron chi connectivity index (χ4n) is 2.92. The Balaban J connectivity index is 1.84. The summed E-state index contributed by atoms with van der Waals surface area (Å²) in [7, 11) is 0. The van der Waals surface area contributed by atoms with E-state index in [2.05, 4.69) is 5.32 Å². The Morgan fingerprint density at radius 3 is 2.35 bits per heavy atom. The van der Waals surface area contributed by atoms with Gasteiger partial charge < -0.3 is 10.1 Å². The van der Waals surface area contributed by atoms with E-state index in [9.17, 15) is 19.2 Å². The van der Waals surface area contributed by atoms with Gasteiger partial charge in [-0.05, 0) is 26.7 Å². The molecule has 1 fully saturated rings. The van der Waals surface area contributed by atoms with Crippen LogP contribution in [0, 0.1) is 11.8 Å². The number of nitrogens with zero attached hydrogens (tertiary/aromatic N) is 1. The van der Waals surface area contributed by atoms with Gasteiger partial charge in [-0.1, -0.05) is 12.2 Å². The van der Waals surface area contributed by atoms with E-state index in [1.165, 1.54) is 6.92 Å². The number of carbonyl (C=O) groups is 4. The summed E-state index contributed by atoms with van der Waals surface area (Å²) in [6.45, 7) is 3.71. The highest BCUT2D eigenvalue weighted by Gasteiger charge is 2.46. The van der Waals surface area contributed by atoms with Crippen LogP contribution in [0.1, 0.15) is 33.1 Å². The minimum Gasteiger partial charge on any atom is -0.452 e. The van der Waals surface area contributed by atoms with Gasteiger partial charge in [0.05, 0.1) is 18.3 Å². The molecular formula is C16H22N2O5. The average Bonchev–Trinajstić information content (AvgIpc) is 2.77. The lowest BCUT2D eigenvalue weighted by molar-refractivity contribution is -0.155. The molecule has 0 aromatic heterocycles. The Hall–Kier alpha value is -2.18. The summed E-state index contributed by atoms with van der Waals surface area (Å²) in [5, 5.41) is 2.55. The molecule has 1 saturated heterocycles. The van der Waals surface area contributed by atoms with Gasteiger partial charge in [0, 0.05) is 13.1 Å². The summed E-state index contributed by atoms with van der Waals surface area (Å²) in [4.78, 5) is 48.9. The molecule has 3 amide bonds. The van der Waals surface area contributed by atoms with Gasteiger partial charge in [0.1, 0.15) is 0 Å². The molecule has 0 saturated carbocycles. The minimum atomic E-state index is -0.890. The first-order valence-electron chi connectivity index (χ1n) is 7.93. The Morgan fingerprint density at radius 2 is 1.83 bits per heavy atom. The second-order valence-electron chi connectivity index (χ2n) is 5.76. The van der Waals surface area contributed by atoms with Crippen molar-refractivity contribution in [2.75, 3.05) is 13.1 Å². The molecule has 23 heavy (non-hydrogen) atoms. The molecule has 0 aromatic rings. The van der Waals surface area contributed by atoms with E-state index in [-0.39, 0.29) is 42.5 Å². The van der Waals surface area contributed by atoms with Crippen LogP contribution in [0.15, 0.2) is 12.2 Å². The van der Waals surface area contributed by atoms with Gasteiger partial charge in [-0.25, -0.2) is 0 Å². The number of fused-ring (bicyclic) bond motifs is 1. The van der Waals surface area contributed by atoms with Crippen LogP contribution in [0.4, 0.5) is 0 Å². The van der Waals surface area contributed by atoms with E-state index < -0.39 is 12.1 Å². The minimum absolute atomic E-state index is 0.00557. The molecule has 7 nitrogen and oxygen atoms in total. The zero-order chi connectivity index (χ0) is 17.0. The number of carbonyl (C=O) groups excluding carboxylic acids is 4. The van der Waals surface area contributed by atoms with E-state index in [0.717, 1.165) is 4.90 Å². The van der Waals surface area contributed by atoms with Crippen LogP contribution < -0.4 is 5.32 Å². The van der Waals surface area contributed by atoms with Crippen molar-refractivity contribution in [1.82, 2.24) is 10.2 Å². The number of amides is 3. The summed E-state index contributed by atoms with van der Waals surface area (Å²) >= 11 is 0. The smallest absolute Gasteiger partial charge is 0.308 e. The SMILES string of the molecule is CCNC(=O)[C@@H](C)OC(=O)CCN1C(=O)[C@H]2CC=CC[C@H]2C1=O. The van der Waals surface area contributed by atoms with Crippen LogP contribution in [0.3, 0.4) is 0 Å². The Morgan fingerprint density at radius 1 is 1.26 bits per heavy atom. The highest BCUT2D eigenvalue weighted by molar-refractivity contribution is 6.05. The average molecular weight is 322 g/mol. The number of hydrogen-bond donors (Lipinski definition) is 1. The summed E-state index contributed by atoms with van der Waals surface area (Å²) in [6, 6.07) is 0. The van der Waals surface area contributed by atoms with Crippen molar-refractivity contribution < 1.29 is 23.9 Å². The lowest BCUT2D eigenvalue weighted by Crippen LogP contribution is -2.37. The van der Waals surface area contributed by atoms with Crippen LogP contribution in [0.25, 0.3) is 0 Å². The van der Waals surface area contributed by atoms with Crippen molar-refractivity contribution in [3.05, 3.63) is 12.2 Å². The molecule has 2 aliphatic rings. The predicted molar refractivity (Wildman–Crippen MR) is 80.9 cm³/mol. The number of likely N-dealkylation sites (tertiary alicyclic amines) is 1. The molecule has 0 unspecified atom stereocenters. The first-order valence-corrected chi connectivity index (χ1v) is 7.93. The molecule has 7 heteroatoms. The van der Waals surface area contributed by atoms with Crippen LogP contribution in [-0.4, -0.2) is 47.8 Å². The quantitative estimate of drug-likeness (QED) is 0.434. The van der Waals surface area contributed by atoms with Crippen molar-refractivity contribution in [1.29, 1.82) is 0 Å². The molecular weight excluding hydrogens is 300 g/mol. The number of esters is 1. The molecule has 3 atom stereocenters. The normalized spacial score (nSPS) is 24.3. The third-order valence-corrected chi connectivity index (χ3v) is 4.17. The van der Waals surface area contributed by atoms with Gasteiger partial charge in [0.25, 0.3) is 5.91 Å². The first kappa shape index (κ1) is 17.2. The molecule has 0 radical (unpaired) electrons. The monoisotopic (exact) mass is 322 g/mol. The maximum absolute atomic E-state index is 12.2. The van der Waals surface area contributed by atoms with Gasteiger partial charge in [-0.2, -0.15) is 0 Å². The molecule has 1 N–H and O–H groups in total. The van der Waals surface area contributed by atoms with Gasteiger partial charge in [0.2, 0.25) is 11.8 Å². The molecule has 0 spiro atoms. The topological polar surface area (TPSA) is 92.8 Å². The molecule has 1 heterocycles. The Labute approximate surface area is 135 Å². The highest BCUT2D eigenvalue weighted by Crippen LogP contribution is 2.34. The van der Waals surface area contributed by atoms with Gasteiger partial charge in [0.15, 0.2) is 6.10 Å². The van der Waals surface area contributed by atoms with Gasteiger partial charge in [-0.3, -0.25) is 24.1 Å². The summed E-state index contributed by atoms with van der Waals surface area (Å²) in [6.07, 6.45) is 3.98. The van der Waals surface area contributed by atoms with Gasteiger partial charge in [-0.15, -0.1) is 0 Å². The number of rotatable bonds is 6. The fourth-order valence-corrected chi connectivity index (χ4v) is 2.92. The standard InChI is InChI=1S/C16H22N2O5/c1-3-17-14(20)10(2)23-13(19)8-9-18-15(21)11-6-4-5-7-12(11)16(18)22/h4-5,10-12H,3,6-9H2,1-2H3,(H,17,20)/t10-,11-,12+/m1/s1. The predicted octanol–water partition coefficient (Wildman–Crippen LogP) is 0.395. The van der Waals surface area contributed by atoms with E-state index >= 15 is 0 Å². The summed E-state index contributed by atoms with van der Waals surface area (Å²) in [5.74, 6) is -1.98. The van der Waals surface area contributed by atoms with Crippen molar-refractivity contribution in [2.45, 2.75) is 39.2 Å². The van der Waals surface area contributed by atoms with E-state index in [0.29, 0.717) is 19.4 Å². The molecule has 0 bridgehead atoms. The summed E-state index contributed by atoms with van der Waals surface area (Å²) in [5.41, 5.74) is 0. The number of ether oxygens (including phenoxy) is 1. The van der Waals surface area contributed by atoms with Crippen molar-refractivity contribution in [3.8, 4) is 0 Å². The number of nitrogens with one attached hydrogen (secondary N) is 1. The lowest BCUT2D eigenvalue weighted by atomic mass is 9.85. The van der Waals surface area contributed by atoms with E-state index in [4.69, 9.17) is 4.74 Å². The summed E-state index contributed by atoms with van der Waals surface area (Å²) < 4.78 is 5.00. The second-order valence-corrected chi connectivity index (χ2v) is 5.76. The van der Waals surface area contributed by atoms with Crippen molar-refractivity contribution in [2.24, 2.45) is 11.8 Å².